The number of amides is 2. The number of fused-ring (bicyclic) bond motifs is 3. The van der Waals surface area contributed by atoms with E-state index in [1.165, 1.54) is 0 Å². The lowest BCUT2D eigenvalue weighted by molar-refractivity contribution is -0.142. The first-order valence-electron chi connectivity index (χ1n) is 17.3. The Morgan fingerprint density at radius 2 is 1.77 bits per heavy atom. The number of Topliss-reactive ketones (excluding diaryl/α,β-unsaturated/α-hetero) is 1. The Labute approximate surface area is 282 Å². The topological polar surface area (TPSA) is 123 Å². The fourth-order valence-corrected chi connectivity index (χ4v) is 8.96. The van der Waals surface area contributed by atoms with Crippen LogP contribution in [0.5, 0.6) is 5.75 Å². The lowest BCUT2D eigenvalue weighted by Gasteiger charge is -2.29. The molecule has 0 unspecified atom stereocenters. The number of carbonyl (C=O) groups is 3. The number of hydrogen-bond acceptors (Lipinski definition) is 7. The standard InChI is InChI=1S/C38H43N3O6S/c42-34-24-38(37(44)40-48(45,46)30-17-18-30)23-28(38)14-8-3-1-2-7-13-27(21-26-11-5-4-6-12-26)36(43)41-25-29(22-33(34)41)47-35-19-20-39-32-16-10-9-15-31(32)35/h4-6,8-12,14-16,19-20,27-30,33H,1-3,7,13,17-18,21-25H2,(H,40,44)/b14-8-/t27-,28-,29-,33+,38-/m1/s1. The van der Waals surface area contributed by atoms with Gasteiger partial charge < -0.3 is 9.64 Å². The first-order chi connectivity index (χ1) is 23.2. The number of nitrogens with zero attached hydrogens (tertiary/aromatic N) is 2. The zero-order valence-corrected chi connectivity index (χ0v) is 27.9. The Kier molecular flexibility index (Phi) is 9.11. The number of aromatic nitrogens is 1. The molecule has 10 heteroatoms. The summed E-state index contributed by atoms with van der Waals surface area (Å²) < 4.78 is 34.5. The lowest BCUT2D eigenvalue weighted by atomic mass is 9.90. The Morgan fingerprint density at radius 1 is 0.979 bits per heavy atom. The van der Waals surface area contributed by atoms with Crippen molar-refractivity contribution in [1.82, 2.24) is 14.6 Å². The van der Waals surface area contributed by atoms with Crippen molar-refractivity contribution in [3.63, 3.8) is 0 Å². The second-order valence-corrected chi connectivity index (χ2v) is 16.0. The minimum Gasteiger partial charge on any atom is -0.488 e. The molecule has 2 aliphatic heterocycles. The zero-order valence-electron chi connectivity index (χ0n) is 27.1. The van der Waals surface area contributed by atoms with Crippen molar-refractivity contribution in [2.24, 2.45) is 17.3 Å². The number of sulfonamides is 1. The molecular formula is C38H43N3O6S. The lowest BCUT2D eigenvalue weighted by Crippen LogP contribution is -2.46. The molecule has 3 fully saturated rings. The van der Waals surface area contributed by atoms with Crippen LogP contribution in [0.4, 0.5) is 0 Å². The van der Waals surface area contributed by atoms with Crippen LogP contribution >= 0.6 is 0 Å². The van der Waals surface area contributed by atoms with Crippen LogP contribution in [0.2, 0.25) is 0 Å². The highest BCUT2D eigenvalue weighted by molar-refractivity contribution is 7.90. The first kappa shape index (κ1) is 32.5. The quantitative estimate of drug-likeness (QED) is 0.328. The maximum absolute atomic E-state index is 14.5. The van der Waals surface area contributed by atoms with Crippen LogP contribution in [0.3, 0.4) is 0 Å². The van der Waals surface area contributed by atoms with Crippen LogP contribution in [0, 0.1) is 17.3 Å². The third-order valence-electron chi connectivity index (χ3n) is 10.6. The summed E-state index contributed by atoms with van der Waals surface area (Å²) in [5, 5.41) is 0.305. The fraction of sp³-hybridized carbons (Fsp3) is 0.474. The minimum absolute atomic E-state index is 0.0713. The number of nitrogens with one attached hydrogen (secondary N) is 1. The van der Waals surface area contributed by atoms with Crippen molar-refractivity contribution >= 4 is 38.5 Å². The highest BCUT2D eigenvalue weighted by atomic mass is 32.2. The van der Waals surface area contributed by atoms with Gasteiger partial charge in [-0.25, -0.2) is 8.42 Å². The molecule has 2 aliphatic carbocycles. The summed E-state index contributed by atoms with van der Waals surface area (Å²) in [6, 6.07) is 18.7. The number of para-hydroxylation sites is 1. The Balaban J connectivity index is 1.19. The van der Waals surface area contributed by atoms with E-state index < -0.39 is 38.7 Å². The van der Waals surface area contributed by atoms with Crippen LogP contribution < -0.4 is 9.46 Å². The van der Waals surface area contributed by atoms with E-state index in [-0.39, 0.29) is 42.9 Å². The van der Waals surface area contributed by atoms with Gasteiger partial charge in [0.25, 0.3) is 0 Å². The summed E-state index contributed by atoms with van der Waals surface area (Å²) in [6.07, 6.45) is 11.9. The van der Waals surface area contributed by atoms with Crippen LogP contribution in [0.25, 0.3) is 10.9 Å². The molecular weight excluding hydrogens is 627 g/mol. The second kappa shape index (κ2) is 13.5. The molecule has 1 saturated heterocycles. The SMILES string of the molecule is O=C1C[C@]2(C(=O)NS(=O)(=O)C3CC3)C[C@H]2/C=C\CCCCC[C@H](Cc2ccccc2)C(=O)N2C[C@H](Oc3ccnc4ccccc34)C[C@@H]12. The summed E-state index contributed by atoms with van der Waals surface area (Å²) in [5.41, 5.74) is 0.719. The number of rotatable bonds is 7. The highest BCUT2D eigenvalue weighted by Crippen LogP contribution is 2.57. The Morgan fingerprint density at radius 3 is 2.58 bits per heavy atom. The summed E-state index contributed by atoms with van der Waals surface area (Å²) >= 11 is 0. The molecule has 252 valence electrons. The molecule has 5 atom stereocenters. The molecule has 0 radical (unpaired) electrons. The van der Waals surface area contributed by atoms with E-state index in [1.54, 1.807) is 17.2 Å². The fourth-order valence-electron chi connectivity index (χ4n) is 7.57. The van der Waals surface area contributed by atoms with E-state index in [2.05, 4.69) is 15.8 Å². The molecule has 3 heterocycles. The van der Waals surface area contributed by atoms with Crippen molar-refractivity contribution in [2.45, 2.75) is 88.0 Å². The zero-order chi connectivity index (χ0) is 33.3. The Hall–Kier alpha value is -4.05. The molecule has 1 aromatic heterocycles. The second-order valence-electron chi connectivity index (χ2n) is 14.0. The summed E-state index contributed by atoms with van der Waals surface area (Å²) in [7, 11) is -3.78. The number of ketones is 1. The maximum Gasteiger partial charge on any atom is 0.240 e. The molecule has 0 bridgehead atoms. The van der Waals surface area contributed by atoms with Gasteiger partial charge in [-0.15, -0.1) is 0 Å². The molecule has 0 spiro atoms. The number of hydrogen-bond donors (Lipinski definition) is 1. The van der Waals surface area contributed by atoms with Gasteiger partial charge in [-0.1, -0.05) is 67.5 Å². The van der Waals surface area contributed by atoms with Gasteiger partial charge in [0, 0.05) is 30.3 Å². The van der Waals surface area contributed by atoms with Crippen molar-refractivity contribution in [3.05, 3.63) is 84.6 Å². The van der Waals surface area contributed by atoms with Crippen LogP contribution in [0.1, 0.15) is 69.8 Å². The van der Waals surface area contributed by atoms with E-state index in [1.807, 2.05) is 60.7 Å². The van der Waals surface area contributed by atoms with Crippen molar-refractivity contribution in [2.75, 3.05) is 6.54 Å². The summed E-state index contributed by atoms with van der Waals surface area (Å²) in [4.78, 5) is 48.8. The highest BCUT2D eigenvalue weighted by Gasteiger charge is 2.61. The van der Waals surface area contributed by atoms with E-state index in [4.69, 9.17) is 4.74 Å². The molecule has 1 N–H and O–H groups in total. The predicted octanol–water partition coefficient (Wildman–Crippen LogP) is 5.54. The first-order valence-corrected chi connectivity index (χ1v) is 18.9. The van der Waals surface area contributed by atoms with Gasteiger partial charge in [-0.2, -0.15) is 0 Å². The van der Waals surface area contributed by atoms with Crippen molar-refractivity contribution in [3.8, 4) is 5.75 Å². The Bertz CT molecular complexity index is 1820. The smallest absolute Gasteiger partial charge is 0.240 e. The number of pyridine rings is 1. The predicted molar refractivity (Wildman–Crippen MR) is 182 cm³/mol. The monoisotopic (exact) mass is 669 g/mol. The summed E-state index contributed by atoms with van der Waals surface area (Å²) in [5.74, 6) is -0.792. The van der Waals surface area contributed by atoms with Crippen molar-refractivity contribution in [1.29, 1.82) is 0 Å². The van der Waals surface area contributed by atoms with Gasteiger partial charge in [0.1, 0.15) is 11.9 Å². The van der Waals surface area contributed by atoms with Gasteiger partial charge in [0.15, 0.2) is 5.78 Å². The normalized spacial score (nSPS) is 28.9. The minimum atomic E-state index is -3.78. The average molecular weight is 670 g/mol. The molecule has 3 aromatic rings. The van der Waals surface area contributed by atoms with Crippen LogP contribution in [-0.2, 0) is 30.8 Å². The van der Waals surface area contributed by atoms with Gasteiger partial charge in [0.05, 0.1) is 28.8 Å². The molecule has 4 aliphatic rings. The maximum atomic E-state index is 14.5. The molecule has 2 amide bonds. The van der Waals surface area contributed by atoms with E-state index in [0.717, 1.165) is 42.1 Å². The number of ether oxygens (including phenoxy) is 1. The van der Waals surface area contributed by atoms with Gasteiger partial charge >= 0.3 is 0 Å². The molecule has 7 rings (SSSR count). The largest absolute Gasteiger partial charge is 0.488 e. The number of allylic oxidation sites excluding steroid dienone is 2. The molecule has 2 aromatic carbocycles. The van der Waals surface area contributed by atoms with E-state index in [0.29, 0.717) is 37.9 Å². The van der Waals surface area contributed by atoms with E-state index >= 15 is 0 Å². The molecule has 9 nitrogen and oxygen atoms in total. The third-order valence-corrected chi connectivity index (χ3v) is 12.4. The van der Waals surface area contributed by atoms with Gasteiger partial charge in [-0.05, 0) is 74.6 Å². The van der Waals surface area contributed by atoms with Gasteiger partial charge in [0.2, 0.25) is 21.8 Å². The van der Waals surface area contributed by atoms with Crippen LogP contribution in [0.15, 0.2) is 79.0 Å². The van der Waals surface area contributed by atoms with Crippen molar-refractivity contribution < 1.29 is 27.5 Å². The number of benzene rings is 2. The van der Waals surface area contributed by atoms with Gasteiger partial charge in [-0.3, -0.25) is 24.1 Å². The average Bonchev–Trinajstić information content (AvgIpc) is 4.01. The summed E-state index contributed by atoms with van der Waals surface area (Å²) in [6.45, 7) is 0.246. The molecule has 2 saturated carbocycles. The van der Waals surface area contributed by atoms with Crippen LogP contribution in [-0.4, -0.2) is 59.8 Å². The third kappa shape index (κ3) is 6.90. The number of carbonyl (C=O) groups excluding carboxylic acids is 3. The molecule has 48 heavy (non-hydrogen) atoms. The van der Waals surface area contributed by atoms with E-state index in [9.17, 15) is 22.8 Å².